The Hall–Kier alpha value is -0.830. The molecular formula is C13H22O3. The standard InChI is InChI=1S/C13H22O3/c1-5-7-10-11(8-6-9-15-10)16-12(14)13(2,3)4/h5,10-11H,1,6-9H2,2-4H3. The summed E-state index contributed by atoms with van der Waals surface area (Å²) in [6, 6.07) is 0. The topological polar surface area (TPSA) is 35.5 Å². The van der Waals surface area contributed by atoms with Gasteiger partial charge in [0.15, 0.2) is 0 Å². The molecule has 3 heteroatoms. The number of esters is 1. The summed E-state index contributed by atoms with van der Waals surface area (Å²) in [4.78, 5) is 11.8. The first-order valence-electron chi connectivity index (χ1n) is 5.88. The van der Waals surface area contributed by atoms with E-state index >= 15 is 0 Å². The molecular weight excluding hydrogens is 204 g/mol. The lowest BCUT2D eigenvalue weighted by molar-refractivity contribution is -0.172. The lowest BCUT2D eigenvalue weighted by atomic mass is 9.96. The number of ether oxygens (including phenoxy) is 2. The molecule has 0 aromatic carbocycles. The molecule has 0 aromatic heterocycles. The lowest BCUT2D eigenvalue weighted by Crippen LogP contribution is -2.39. The van der Waals surface area contributed by atoms with Crippen molar-refractivity contribution in [2.24, 2.45) is 5.41 Å². The fourth-order valence-electron chi connectivity index (χ4n) is 1.65. The van der Waals surface area contributed by atoms with E-state index in [4.69, 9.17) is 9.47 Å². The molecule has 1 aliphatic heterocycles. The van der Waals surface area contributed by atoms with Crippen LogP contribution in [0.1, 0.15) is 40.0 Å². The summed E-state index contributed by atoms with van der Waals surface area (Å²) in [6.07, 6.45) is 4.27. The molecule has 92 valence electrons. The summed E-state index contributed by atoms with van der Waals surface area (Å²) >= 11 is 0. The molecule has 1 rings (SSSR count). The zero-order chi connectivity index (χ0) is 12.2. The Bertz CT molecular complexity index is 252. The minimum absolute atomic E-state index is 0.0162. The van der Waals surface area contributed by atoms with E-state index in [1.54, 1.807) is 0 Å². The van der Waals surface area contributed by atoms with E-state index in [9.17, 15) is 4.79 Å². The van der Waals surface area contributed by atoms with Gasteiger partial charge in [-0.15, -0.1) is 6.58 Å². The van der Waals surface area contributed by atoms with Crippen LogP contribution >= 0.6 is 0 Å². The predicted molar refractivity (Wildman–Crippen MR) is 63.1 cm³/mol. The van der Waals surface area contributed by atoms with Gasteiger partial charge in [0.05, 0.1) is 11.5 Å². The Balaban J connectivity index is 2.55. The van der Waals surface area contributed by atoms with Crippen molar-refractivity contribution in [3.05, 3.63) is 12.7 Å². The van der Waals surface area contributed by atoms with Gasteiger partial charge in [-0.2, -0.15) is 0 Å². The van der Waals surface area contributed by atoms with Gasteiger partial charge in [-0.1, -0.05) is 6.08 Å². The summed E-state index contributed by atoms with van der Waals surface area (Å²) in [5.41, 5.74) is -0.448. The Labute approximate surface area is 97.8 Å². The molecule has 0 radical (unpaired) electrons. The molecule has 2 atom stereocenters. The highest BCUT2D eigenvalue weighted by molar-refractivity contribution is 5.75. The third-order valence-electron chi connectivity index (χ3n) is 2.65. The Morgan fingerprint density at radius 3 is 2.81 bits per heavy atom. The summed E-state index contributed by atoms with van der Waals surface area (Å²) in [5.74, 6) is -0.155. The minimum atomic E-state index is -0.448. The van der Waals surface area contributed by atoms with E-state index < -0.39 is 5.41 Å². The number of hydrogen-bond donors (Lipinski definition) is 0. The van der Waals surface area contributed by atoms with Crippen molar-refractivity contribution in [3.8, 4) is 0 Å². The SMILES string of the molecule is C=CCC1OCCCC1OC(=O)C(C)(C)C. The minimum Gasteiger partial charge on any atom is -0.459 e. The van der Waals surface area contributed by atoms with E-state index in [0.29, 0.717) is 0 Å². The molecule has 3 nitrogen and oxygen atoms in total. The van der Waals surface area contributed by atoms with Crippen molar-refractivity contribution < 1.29 is 14.3 Å². The van der Waals surface area contributed by atoms with Crippen LogP contribution in [0.4, 0.5) is 0 Å². The maximum atomic E-state index is 11.8. The Kier molecular flexibility index (Phi) is 4.54. The van der Waals surface area contributed by atoms with Crippen LogP contribution in [0.2, 0.25) is 0 Å². The van der Waals surface area contributed by atoms with Crippen LogP contribution in [0.15, 0.2) is 12.7 Å². The quantitative estimate of drug-likeness (QED) is 0.548. The van der Waals surface area contributed by atoms with Crippen molar-refractivity contribution in [3.63, 3.8) is 0 Å². The summed E-state index contributed by atoms with van der Waals surface area (Å²) in [6.45, 7) is 10.0. The molecule has 2 unspecified atom stereocenters. The molecule has 0 aliphatic carbocycles. The third kappa shape index (κ3) is 3.63. The van der Waals surface area contributed by atoms with Crippen LogP contribution in [0, 0.1) is 5.41 Å². The molecule has 1 heterocycles. The third-order valence-corrected chi connectivity index (χ3v) is 2.65. The molecule has 0 bridgehead atoms. The van der Waals surface area contributed by atoms with Crippen LogP contribution in [0.3, 0.4) is 0 Å². The average Bonchev–Trinajstić information content (AvgIpc) is 2.20. The van der Waals surface area contributed by atoms with E-state index in [1.807, 2.05) is 26.8 Å². The van der Waals surface area contributed by atoms with Crippen molar-refractivity contribution in [2.75, 3.05) is 6.61 Å². The van der Waals surface area contributed by atoms with Crippen LogP contribution in [0.5, 0.6) is 0 Å². The largest absolute Gasteiger partial charge is 0.459 e. The van der Waals surface area contributed by atoms with Gasteiger partial charge in [0.1, 0.15) is 6.10 Å². The molecule has 0 amide bonds. The molecule has 0 aromatic rings. The van der Waals surface area contributed by atoms with Gasteiger partial charge in [-0.25, -0.2) is 0 Å². The lowest BCUT2D eigenvalue weighted by Gasteiger charge is -2.32. The van der Waals surface area contributed by atoms with E-state index in [-0.39, 0.29) is 18.2 Å². The second-order valence-electron chi connectivity index (χ2n) is 5.27. The van der Waals surface area contributed by atoms with Crippen LogP contribution in [-0.2, 0) is 14.3 Å². The smallest absolute Gasteiger partial charge is 0.311 e. The molecule has 16 heavy (non-hydrogen) atoms. The molecule has 1 fully saturated rings. The number of carbonyl (C=O) groups is 1. The number of carbonyl (C=O) groups excluding carboxylic acids is 1. The fourth-order valence-corrected chi connectivity index (χ4v) is 1.65. The maximum absolute atomic E-state index is 11.8. The average molecular weight is 226 g/mol. The zero-order valence-electron chi connectivity index (χ0n) is 10.5. The van der Waals surface area contributed by atoms with Gasteiger partial charge in [0.2, 0.25) is 0 Å². The van der Waals surface area contributed by atoms with Crippen LogP contribution in [-0.4, -0.2) is 24.8 Å². The van der Waals surface area contributed by atoms with Crippen molar-refractivity contribution in [1.29, 1.82) is 0 Å². The summed E-state index contributed by atoms with van der Waals surface area (Å²) in [5, 5.41) is 0. The summed E-state index contributed by atoms with van der Waals surface area (Å²) in [7, 11) is 0. The first kappa shape index (κ1) is 13.2. The van der Waals surface area contributed by atoms with Crippen LogP contribution < -0.4 is 0 Å². The van der Waals surface area contributed by atoms with Gasteiger partial charge in [-0.3, -0.25) is 4.79 Å². The normalized spacial score (nSPS) is 26.2. The maximum Gasteiger partial charge on any atom is 0.311 e. The van der Waals surface area contributed by atoms with Gasteiger partial charge in [0.25, 0.3) is 0 Å². The van der Waals surface area contributed by atoms with Gasteiger partial charge >= 0.3 is 5.97 Å². The molecule has 1 saturated heterocycles. The number of rotatable bonds is 3. The first-order valence-corrected chi connectivity index (χ1v) is 5.88. The van der Waals surface area contributed by atoms with Crippen molar-refractivity contribution in [1.82, 2.24) is 0 Å². The van der Waals surface area contributed by atoms with Gasteiger partial charge in [0, 0.05) is 6.61 Å². The van der Waals surface area contributed by atoms with Gasteiger partial charge in [-0.05, 0) is 40.0 Å². The van der Waals surface area contributed by atoms with Crippen molar-refractivity contribution >= 4 is 5.97 Å². The highest BCUT2D eigenvalue weighted by Gasteiger charge is 2.32. The first-order chi connectivity index (χ1) is 7.45. The highest BCUT2D eigenvalue weighted by atomic mass is 16.6. The molecule has 1 aliphatic rings. The van der Waals surface area contributed by atoms with E-state index in [0.717, 1.165) is 25.9 Å². The molecule has 0 N–H and O–H groups in total. The van der Waals surface area contributed by atoms with Crippen molar-refractivity contribution in [2.45, 2.75) is 52.2 Å². The Morgan fingerprint density at radius 2 is 2.25 bits per heavy atom. The monoisotopic (exact) mass is 226 g/mol. The second kappa shape index (κ2) is 5.48. The van der Waals surface area contributed by atoms with Gasteiger partial charge < -0.3 is 9.47 Å². The zero-order valence-corrected chi connectivity index (χ0v) is 10.5. The molecule has 0 spiro atoms. The van der Waals surface area contributed by atoms with E-state index in [2.05, 4.69) is 6.58 Å². The van der Waals surface area contributed by atoms with Crippen LogP contribution in [0.25, 0.3) is 0 Å². The second-order valence-corrected chi connectivity index (χ2v) is 5.27. The fraction of sp³-hybridized carbons (Fsp3) is 0.769. The highest BCUT2D eigenvalue weighted by Crippen LogP contribution is 2.24. The van der Waals surface area contributed by atoms with E-state index in [1.165, 1.54) is 0 Å². The molecule has 0 saturated carbocycles. The Morgan fingerprint density at radius 1 is 1.56 bits per heavy atom. The number of hydrogen-bond acceptors (Lipinski definition) is 3. The predicted octanol–water partition coefficient (Wildman–Crippen LogP) is 2.70. The summed E-state index contributed by atoms with van der Waals surface area (Å²) < 4.78 is 11.1.